The molecule has 0 bridgehead atoms. The van der Waals surface area contributed by atoms with Gasteiger partial charge in [-0.3, -0.25) is 4.79 Å². The maximum absolute atomic E-state index is 12.8. The molecule has 1 aromatic carbocycles. The van der Waals surface area contributed by atoms with E-state index in [1.165, 1.54) is 12.8 Å². The number of amides is 1. The second kappa shape index (κ2) is 9.32. The van der Waals surface area contributed by atoms with Gasteiger partial charge >= 0.3 is 0 Å². The van der Waals surface area contributed by atoms with Gasteiger partial charge in [0.25, 0.3) is 0 Å². The van der Waals surface area contributed by atoms with Crippen LogP contribution in [0.15, 0.2) is 36.8 Å². The number of benzene rings is 1. The Balaban J connectivity index is 1.33. The van der Waals surface area contributed by atoms with Crippen LogP contribution >= 0.6 is 0 Å². The van der Waals surface area contributed by atoms with E-state index in [-0.39, 0.29) is 17.9 Å². The van der Waals surface area contributed by atoms with Crippen molar-refractivity contribution in [1.29, 1.82) is 0 Å². The Morgan fingerprint density at radius 2 is 1.80 bits per heavy atom. The van der Waals surface area contributed by atoms with Crippen LogP contribution in [0, 0.1) is 5.92 Å². The van der Waals surface area contributed by atoms with Crippen LogP contribution in [-0.2, 0) is 4.79 Å². The zero-order valence-electron chi connectivity index (χ0n) is 17.9. The number of ether oxygens (including phenoxy) is 1. The van der Waals surface area contributed by atoms with Gasteiger partial charge in [-0.1, -0.05) is 12.1 Å². The van der Waals surface area contributed by atoms with E-state index in [0.717, 1.165) is 61.8 Å². The summed E-state index contributed by atoms with van der Waals surface area (Å²) in [6, 6.07) is 7.83. The molecular weight excluding hydrogens is 378 g/mol. The fourth-order valence-corrected chi connectivity index (χ4v) is 4.40. The monoisotopic (exact) mass is 409 g/mol. The molecule has 7 heteroatoms. The number of hydrogen-bond acceptors (Lipinski definition) is 6. The molecule has 2 aliphatic heterocycles. The average molecular weight is 410 g/mol. The molecule has 1 aromatic heterocycles. The van der Waals surface area contributed by atoms with E-state index >= 15 is 0 Å². The number of nitrogens with zero attached hydrogens (tertiary/aromatic N) is 4. The smallest absolute Gasteiger partial charge is 0.223 e. The molecule has 2 aliphatic rings. The second-order valence-electron chi connectivity index (χ2n) is 8.19. The fourth-order valence-electron chi connectivity index (χ4n) is 4.40. The van der Waals surface area contributed by atoms with Gasteiger partial charge in [-0.15, -0.1) is 0 Å². The minimum Gasteiger partial charge on any atom is -0.497 e. The predicted molar refractivity (Wildman–Crippen MR) is 118 cm³/mol. The van der Waals surface area contributed by atoms with Crippen molar-refractivity contribution in [3.63, 3.8) is 0 Å². The van der Waals surface area contributed by atoms with Crippen LogP contribution in [0.3, 0.4) is 0 Å². The Labute approximate surface area is 178 Å². The molecule has 2 fully saturated rings. The first-order valence-corrected chi connectivity index (χ1v) is 10.9. The number of aromatic nitrogens is 2. The van der Waals surface area contributed by atoms with Crippen molar-refractivity contribution in [3.8, 4) is 5.75 Å². The van der Waals surface area contributed by atoms with E-state index in [0.29, 0.717) is 0 Å². The van der Waals surface area contributed by atoms with Crippen LogP contribution in [0.2, 0.25) is 0 Å². The van der Waals surface area contributed by atoms with Crippen LogP contribution in [0.4, 0.5) is 11.5 Å². The summed E-state index contributed by atoms with van der Waals surface area (Å²) in [4.78, 5) is 26.4. The molecule has 7 nitrogen and oxygen atoms in total. The fraction of sp³-hybridized carbons (Fsp3) is 0.522. The van der Waals surface area contributed by atoms with E-state index < -0.39 is 0 Å². The largest absolute Gasteiger partial charge is 0.497 e. The van der Waals surface area contributed by atoms with Crippen molar-refractivity contribution in [1.82, 2.24) is 15.3 Å². The summed E-state index contributed by atoms with van der Waals surface area (Å²) >= 11 is 0. The van der Waals surface area contributed by atoms with Crippen LogP contribution < -0.4 is 19.9 Å². The Bertz CT molecular complexity index is 843. The molecule has 0 saturated carbocycles. The van der Waals surface area contributed by atoms with Gasteiger partial charge in [0.05, 0.1) is 25.0 Å². The quantitative estimate of drug-likeness (QED) is 0.790. The normalized spacial score (nSPS) is 18.3. The highest BCUT2D eigenvalue weighted by atomic mass is 16.5. The zero-order valence-corrected chi connectivity index (χ0v) is 17.9. The summed E-state index contributed by atoms with van der Waals surface area (Å²) in [5.41, 5.74) is 2.18. The molecule has 0 spiro atoms. The minimum absolute atomic E-state index is 0.0225. The molecule has 4 rings (SSSR count). The highest BCUT2D eigenvalue weighted by molar-refractivity contribution is 5.79. The molecule has 160 valence electrons. The van der Waals surface area contributed by atoms with E-state index in [9.17, 15) is 4.79 Å². The standard InChI is InChI=1S/C23H31N5O2/c1-17(18-5-7-20(30-2)8-6-18)26-23(29)19-9-13-27(14-10-19)21-15-24-16-25-22(21)28-11-3-4-12-28/h5-8,15-17,19H,3-4,9-14H2,1-2H3,(H,26,29)/t17-/m1/s1. The van der Waals surface area contributed by atoms with Gasteiger partial charge in [0.1, 0.15) is 12.1 Å². The number of nitrogens with one attached hydrogen (secondary N) is 1. The number of anilines is 2. The third kappa shape index (κ3) is 4.50. The molecule has 0 aliphatic carbocycles. The Morgan fingerprint density at radius 3 is 2.47 bits per heavy atom. The Kier molecular flexibility index (Phi) is 6.35. The summed E-state index contributed by atoms with van der Waals surface area (Å²) in [6.45, 7) is 5.85. The lowest BCUT2D eigenvalue weighted by atomic mass is 9.95. The lowest BCUT2D eigenvalue weighted by Crippen LogP contribution is -2.41. The molecule has 2 aromatic rings. The first kappa shape index (κ1) is 20.4. The molecule has 30 heavy (non-hydrogen) atoms. The molecule has 1 atom stereocenters. The molecule has 1 amide bonds. The first-order chi connectivity index (χ1) is 14.7. The van der Waals surface area contributed by atoms with Gasteiger partial charge in [0.2, 0.25) is 5.91 Å². The lowest BCUT2D eigenvalue weighted by Gasteiger charge is -2.35. The zero-order chi connectivity index (χ0) is 20.9. The summed E-state index contributed by atoms with van der Waals surface area (Å²) in [6.07, 6.45) is 7.69. The van der Waals surface area contributed by atoms with Crippen LogP contribution in [0.25, 0.3) is 0 Å². The van der Waals surface area contributed by atoms with Gasteiger partial charge < -0.3 is 19.9 Å². The summed E-state index contributed by atoms with van der Waals surface area (Å²) in [7, 11) is 1.65. The molecule has 1 N–H and O–H groups in total. The second-order valence-corrected chi connectivity index (χ2v) is 8.19. The molecular formula is C23H31N5O2. The highest BCUT2D eigenvalue weighted by Crippen LogP contribution is 2.32. The molecule has 3 heterocycles. The molecule has 2 saturated heterocycles. The number of piperidine rings is 1. The number of carbonyl (C=O) groups excluding carboxylic acids is 1. The Morgan fingerprint density at radius 1 is 1.10 bits per heavy atom. The van der Waals surface area contributed by atoms with Crippen molar-refractivity contribution >= 4 is 17.4 Å². The van der Waals surface area contributed by atoms with Gasteiger partial charge in [-0.2, -0.15) is 0 Å². The summed E-state index contributed by atoms with van der Waals surface area (Å²) in [5, 5.41) is 3.18. The van der Waals surface area contributed by atoms with Crippen molar-refractivity contribution in [2.75, 3.05) is 43.1 Å². The van der Waals surface area contributed by atoms with E-state index in [1.807, 2.05) is 37.4 Å². The SMILES string of the molecule is COc1ccc([C@@H](C)NC(=O)C2CCN(c3cncnc3N3CCCC3)CC2)cc1. The highest BCUT2D eigenvalue weighted by Gasteiger charge is 2.28. The molecule has 0 radical (unpaired) electrons. The maximum atomic E-state index is 12.8. The van der Waals surface area contributed by atoms with Gasteiger partial charge in [0, 0.05) is 32.1 Å². The Hall–Kier alpha value is -2.83. The van der Waals surface area contributed by atoms with Gasteiger partial charge in [-0.25, -0.2) is 9.97 Å². The number of carbonyl (C=O) groups is 1. The first-order valence-electron chi connectivity index (χ1n) is 10.9. The van der Waals surface area contributed by atoms with Crippen LogP contribution in [-0.4, -0.2) is 49.2 Å². The summed E-state index contributed by atoms with van der Waals surface area (Å²) in [5.74, 6) is 2.05. The van der Waals surface area contributed by atoms with Crippen LogP contribution in [0.5, 0.6) is 5.75 Å². The van der Waals surface area contributed by atoms with Gasteiger partial charge in [0.15, 0.2) is 5.82 Å². The number of methoxy groups -OCH3 is 1. The van der Waals surface area contributed by atoms with Crippen molar-refractivity contribution in [2.45, 2.75) is 38.6 Å². The lowest BCUT2D eigenvalue weighted by molar-refractivity contribution is -0.126. The number of rotatable bonds is 6. The van der Waals surface area contributed by atoms with Crippen molar-refractivity contribution < 1.29 is 9.53 Å². The van der Waals surface area contributed by atoms with E-state index in [4.69, 9.17) is 4.74 Å². The average Bonchev–Trinajstić information content (AvgIpc) is 3.34. The predicted octanol–water partition coefficient (Wildman–Crippen LogP) is 3.18. The third-order valence-electron chi connectivity index (χ3n) is 6.26. The van der Waals surface area contributed by atoms with Crippen molar-refractivity contribution in [2.24, 2.45) is 5.92 Å². The van der Waals surface area contributed by atoms with E-state index in [2.05, 4.69) is 25.1 Å². The third-order valence-corrected chi connectivity index (χ3v) is 6.26. The molecule has 0 unspecified atom stereocenters. The minimum atomic E-state index is -0.0225. The maximum Gasteiger partial charge on any atom is 0.223 e. The van der Waals surface area contributed by atoms with Gasteiger partial charge in [-0.05, 0) is 50.3 Å². The number of hydrogen-bond donors (Lipinski definition) is 1. The van der Waals surface area contributed by atoms with E-state index in [1.54, 1.807) is 13.4 Å². The van der Waals surface area contributed by atoms with Crippen LogP contribution in [0.1, 0.15) is 44.2 Å². The topological polar surface area (TPSA) is 70.6 Å². The summed E-state index contributed by atoms with van der Waals surface area (Å²) < 4.78 is 5.21. The van der Waals surface area contributed by atoms with Crippen molar-refractivity contribution in [3.05, 3.63) is 42.4 Å².